The third-order valence-electron chi connectivity index (χ3n) is 3.83. The van der Waals surface area contributed by atoms with E-state index in [4.69, 9.17) is 0 Å². The van der Waals surface area contributed by atoms with Gasteiger partial charge in [-0.05, 0) is 25.0 Å². The minimum atomic E-state index is -1.00. The molecule has 1 aromatic heterocycles. The van der Waals surface area contributed by atoms with Gasteiger partial charge in [0.1, 0.15) is 11.4 Å². The normalized spacial score (nSPS) is 18.1. The molecule has 1 saturated heterocycles. The molecular formula is C15H17N3O3. The standard InChI is InChI=1S/C15H17N3O3/c19-10-12-7-4-8-17(12)14-13(15(20)21)9-16-18(14)11-5-2-1-3-6-11/h1-3,5-6,9,12,19H,4,7-8,10H2,(H,20,21)/t12-/m0/s1. The molecule has 2 aromatic rings. The summed E-state index contributed by atoms with van der Waals surface area (Å²) in [5, 5.41) is 23.1. The molecule has 2 N–H and O–H groups in total. The summed E-state index contributed by atoms with van der Waals surface area (Å²) in [7, 11) is 0. The Hall–Kier alpha value is -2.34. The molecule has 3 rings (SSSR count). The fourth-order valence-corrected chi connectivity index (χ4v) is 2.83. The van der Waals surface area contributed by atoms with E-state index in [2.05, 4.69) is 5.10 Å². The van der Waals surface area contributed by atoms with E-state index >= 15 is 0 Å². The molecule has 2 heterocycles. The Kier molecular flexibility index (Phi) is 3.62. The van der Waals surface area contributed by atoms with E-state index in [-0.39, 0.29) is 18.2 Å². The van der Waals surface area contributed by atoms with Crippen molar-refractivity contribution in [3.05, 3.63) is 42.1 Å². The van der Waals surface area contributed by atoms with Gasteiger partial charge in [-0.25, -0.2) is 9.48 Å². The van der Waals surface area contributed by atoms with Crippen molar-refractivity contribution in [3.8, 4) is 5.69 Å². The number of aromatic nitrogens is 2. The molecule has 0 aliphatic carbocycles. The maximum Gasteiger partial charge on any atom is 0.341 e. The van der Waals surface area contributed by atoms with Crippen LogP contribution in [0.3, 0.4) is 0 Å². The van der Waals surface area contributed by atoms with Crippen LogP contribution >= 0.6 is 0 Å². The Morgan fingerprint density at radius 1 is 1.33 bits per heavy atom. The molecule has 0 spiro atoms. The van der Waals surface area contributed by atoms with Gasteiger partial charge in [0.15, 0.2) is 0 Å². The minimum Gasteiger partial charge on any atom is -0.477 e. The largest absolute Gasteiger partial charge is 0.477 e. The molecule has 1 aliphatic heterocycles. The van der Waals surface area contributed by atoms with Crippen LogP contribution in [-0.4, -0.2) is 45.2 Å². The Bertz CT molecular complexity index is 639. The number of para-hydroxylation sites is 1. The first-order valence-corrected chi connectivity index (χ1v) is 6.96. The lowest BCUT2D eigenvalue weighted by Crippen LogP contribution is -2.34. The first kappa shape index (κ1) is 13.6. The van der Waals surface area contributed by atoms with Crippen molar-refractivity contribution in [1.29, 1.82) is 0 Å². The maximum absolute atomic E-state index is 11.5. The summed E-state index contributed by atoms with van der Waals surface area (Å²) in [6.07, 6.45) is 3.16. The SMILES string of the molecule is O=C(O)c1cnn(-c2ccccc2)c1N1CCC[C@H]1CO. The summed E-state index contributed by atoms with van der Waals surface area (Å²) in [5.74, 6) is -0.457. The van der Waals surface area contributed by atoms with Crippen LogP contribution in [0, 0.1) is 0 Å². The van der Waals surface area contributed by atoms with E-state index in [1.807, 2.05) is 35.2 Å². The average molecular weight is 287 g/mol. The van der Waals surface area contributed by atoms with Gasteiger partial charge in [0.05, 0.1) is 24.5 Å². The van der Waals surface area contributed by atoms with Crippen LogP contribution in [0.5, 0.6) is 0 Å². The van der Waals surface area contributed by atoms with Crippen LogP contribution < -0.4 is 4.90 Å². The number of aliphatic hydroxyl groups is 1. The lowest BCUT2D eigenvalue weighted by molar-refractivity contribution is 0.0697. The number of carboxylic acid groups (broad SMARTS) is 1. The smallest absolute Gasteiger partial charge is 0.341 e. The second kappa shape index (κ2) is 5.57. The van der Waals surface area contributed by atoms with E-state index in [0.29, 0.717) is 5.82 Å². The molecule has 1 atom stereocenters. The number of hydrogen-bond acceptors (Lipinski definition) is 4. The van der Waals surface area contributed by atoms with Crippen LogP contribution in [0.15, 0.2) is 36.5 Å². The number of benzene rings is 1. The Balaban J connectivity index is 2.12. The van der Waals surface area contributed by atoms with E-state index in [1.54, 1.807) is 4.68 Å². The Morgan fingerprint density at radius 2 is 2.10 bits per heavy atom. The number of hydrogen-bond donors (Lipinski definition) is 2. The number of aliphatic hydroxyl groups excluding tert-OH is 1. The quantitative estimate of drug-likeness (QED) is 0.891. The highest BCUT2D eigenvalue weighted by Gasteiger charge is 2.31. The van der Waals surface area contributed by atoms with Gasteiger partial charge >= 0.3 is 5.97 Å². The highest BCUT2D eigenvalue weighted by molar-refractivity contribution is 5.93. The zero-order valence-corrected chi connectivity index (χ0v) is 11.5. The number of nitrogens with zero attached hydrogens (tertiary/aromatic N) is 3. The first-order valence-electron chi connectivity index (χ1n) is 6.96. The van der Waals surface area contributed by atoms with Gasteiger partial charge in [-0.1, -0.05) is 18.2 Å². The molecule has 1 aliphatic rings. The fraction of sp³-hybridized carbons (Fsp3) is 0.333. The van der Waals surface area contributed by atoms with Crippen molar-refractivity contribution >= 4 is 11.8 Å². The highest BCUT2D eigenvalue weighted by atomic mass is 16.4. The number of rotatable bonds is 4. The van der Waals surface area contributed by atoms with Crippen LogP contribution in [-0.2, 0) is 0 Å². The highest BCUT2D eigenvalue weighted by Crippen LogP contribution is 2.30. The number of carboxylic acids is 1. The van der Waals surface area contributed by atoms with E-state index in [9.17, 15) is 15.0 Å². The second-order valence-electron chi connectivity index (χ2n) is 5.11. The molecule has 6 nitrogen and oxygen atoms in total. The summed E-state index contributed by atoms with van der Waals surface area (Å²) in [4.78, 5) is 13.4. The van der Waals surface area contributed by atoms with E-state index in [0.717, 1.165) is 25.1 Å². The third-order valence-corrected chi connectivity index (χ3v) is 3.83. The van der Waals surface area contributed by atoms with Gasteiger partial charge < -0.3 is 15.1 Å². The van der Waals surface area contributed by atoms with Gasteiger partial charge in [-0.15, -0.1) is 0 Å². The number of carbonyl (C=O) groups is 1. The molecule has 0 bridgehead atoms. The molecule has 0 amide bonds. The maximum atomic E-state index is 11.5. The van der Waals surface area contributed by atoms with E-state index < -0.39 is 5.97 Å². The van der Waals surface area contributed by atoms with Crippen molar-refractivity contribution < 1.29 is 15.0 Å². The molecule has 21 heavy (non-hydrogen) atoms. The van der Waals surface area contributed by atoms with Crippen molar-refractivity contribution in [2.24, 2.45) is 0 Å². The van der Waals surface area contributed by atoms with Gasteiger partial charge in [0.2, 0.25) is 0 Å². The zero-order valence-electron chi connectivity index (χ0n) is 11.5. The second-order valence-corrected chi connectivity index (χ2v) is 5.11. The monoisotopic (exact) mass is 287 g/mol. The zero-order chi connectivity index (χ0) is 14.8. The van der Waals surface area contributed by atoms with Gasteiger partial charge in [0, 0.05) is 6.54 Å². The van der Waals surface area contributed by atoms with Crippen LogP contribution in [0.25, 0.3) is 5.69 Å². The molecule has 110 valence electrons. The molecular weight excluding hydrogens is 270 g/mol. The van der Waals surface area contributed by atoms with Crippen molar-refractivity contribution in [2.75, 3.05) is 18.1 Å². The average Bonchev–Trinajstić information content (AvgIpc) is 3.13. The first-order chi connectivity index (χ1) is 10.2. The van der Waals surface area contributed by atoms with Crippen molar-refractivity contribution in [2.45, 2.75) is 18.9 Å². The van der Waals surface area contributed by atoms with Gasteiger partial charge in [-0.2, -0.15) is 5.10 Å². The molecule has 0 radical (unpaired) electrons. The lowest BCUT2D eigenvalue weighted by Gasteiger charge is -2.26. The molecule has 1 aromatic carbocycles. The van der Waals surface area contributed by atoms with Crippen molar-refractivity contribution in [1.82, 2.24) is 9.78 Å². The summed E-state index contributed by atoms with van der Waals surface area (Å²) in [6, 6.07) is 9.38. The summed E-state index contributed by atoms with van der Waals surface area (Å²) >= 11 is 0. The summed E-state index contributed by atoms with van der Waals surface area (Å²) in [6.45, 7) is 0.739. The topological polar surface area (TPSA) is 78.6 Å². The predicted molar refractivity (Wildman–Crippen MR) is 78.0 cm³/mol. The van der Waals surface area contributed by atoms with Gasteiger partial charge in [0.25, 0.3) is 0 Å². The molecule has 0 saturated carbocycles. The van der Waals surface area contributed by atoms with E-state index in [1.165, 1.54) is 6.20 Å². The van der Waals surface area contributed by atoms with Crippen LogP contribution in [0.1, 0.15) is 23.2 Å². The minimum absolute atomic E-state index is 0.0129. The van der Waals surface area contributed by atoms with Crippen LogP contribution in [0.2, 0.25) is 0 Å². The molecule has 0 unspecified atom stereocenters. The Morgan fingerprint density at radius 3 is 2.76 bits per heavy atom. The lowest BCUT2D eigenvalue weighted by atomic mass is 10.2. The molecule has 6 heteroatoms. The summed E-state index contributed by atoms with van der Waals surface area (Å²) in [5.41, 5.74) is 0.975. The Labute approximate surface area is 122 Å². The van der Waals surface area contributed by atoms with Crippen molar-refractivity contribution in [3.63, 3.8) is 0 Å². The fourth-order valence-electron chi connectivity index (χ4n) is 2.83. The number of aromatic carboxylic acids is 1. The van der Waals surface area contributed by atoms with Crippen LogP contribution in [0.4, 0.5) is 5.82 Å². The van der Waals surface area contributed by atoms with Gasteiger partial charge in [-0.3, -0.25) is 0 Å². The molecule has 1 fully saturated rings. The summed E-state index contributed by atoms with van der Waals surface area (Å²) < 4.78 is 1.64. The third kappa shape index (κ3) is 2.38. The predicted octanol–water partition coefficient (Wildman–Crippen LogP) is 1.53. The number of anilines is 1.